The summed E-state index contributed by atoms with van der Waals surface area (Å²) in [6, 6.07) is 8.01. The quantitative estimate of drug-likeness (QED) is 0.685. The maximum Gasteiger partial charge on any atom is 0.311 e. The van der Waals surface area contributed by atoms with Crippen LogP contribution in [0.4, 0.5) is 10.1 Å². The molecule has 0 spiro atoms. The molecule has 0 saturated carbocycles. The lowest BCUT2D eigenvalue weighted by Crippen LogP contribution is -2.07. The van der Waals surface area contributed by atoms with Crippen LogP contribution in [0.25, 0.3) is 0 Å². The van der Waals surface area contributed by atoms with Crippen LogP contribution in [0.5, 0.6) is 11.5 Å². The molecule has 2 aromatic carbocycles. The summed E-state index contributed by atoms with van der Waals surface area (Å²) in [5.41, 5.74) is 6.90. The Kier molecular flexibility index (Phi) is 4.18. The molecule has 2 rings (SSSR count). The minimum Gasteiger partial charge on any atom is -0.450 e. The smallest absolute Gasteiger partial charge is 0.311 e. The molecule has 0 aliphatic rings. The lowest BCUT2D eigenvalue weighted by Gasteiger charge is -2.14. The van der Waals surface area contributed by atoms with Crippen molar-refractivity contribution in [3.8, 4) is 11.5 Å². The predicted molar refractivity (Wildman–Crippen MR) is 76.9 cm³/mol. The summed E-state index contributed by atoms with van der Waals surface area (Å²) < 4.78 is 18.9. The van der Waals surface area contributed by atoms with Gasteiger partial charge in [-0.25, -0.2) is 4.39 Å². The van der Waals surface area contributed by atoms with E-state index in [1.54, 1.807) is 26.0 Å². The Morgan fingerprint density at radius 1 is 1.24 bits per heavy atom. The minimum absolute atomic E-state index is 0.105. The fourth-order valence-corrected chi connectivity index (χ4v) is 1.94. The van der Waals surface area contributed by atoms with Gasteiger partial charge in [-0.3, -0.25) is 10.1 Å². The van der Waals surface area contributed by atoms with Crippen LogP contribution in [-0.2, 0) is 0 Å². The van der Waals surface area contributed by atoms with Crippen molar-refractivity contribution in [2.45, 2.75) is 19.9 Å². The maximum absolute atomic E-state index is 13.3. The fraction of sp³-hybridized carbons (Fsp3) is 0.200. The summed E-state index contributed by atoms with van der Waals surface area (Å²) in [5.74, 6) is -0.0259. The first-order valence-electron chi connectivity index (χ1n) is 6.36. The summed E-state index contributed by atoms with van der Waals surface area (Å²) in [6.07, 6.45) is 0. The topological polar surface area (TPSA) is 78.4 Å². The van der Waals surface area contributed by atoms with E-state index in [4.69, 9.17) is 10.5 Å². The van der Waals surface area contributed by atoms with Gasteiger partial charge in [0.15, 0.2) is 0 Å². The summed E-state index contributed by atoms with van der Waals surface area (Å²) in [4.78, 5) is 10.5. The van der Waals surface area contributed by atoms with Crippen molar-refractivity contribution in [2.75, 3.05) is 0 Å². The first-order chi connectivity index (χ1) is 9.88. The van der Waals surface area contributed by atoms with Gasteiger partial charge in [-0.1, -0.05) is 6.07 Å². The number of ether oxygens (including phenoxy) is 1. The Morgan fingerprint density at radius 2 is 1.95 bits per heavy atom. The Hall–Kier alpha value is -2.47. The number of benzene rings is 2. The number of hydrogen-bond donors (Lipinski definition) is 1. The van der Waals surface area contributed by atoms with Gasteiger partial charge < -0.3 is 10.5 Å². The van der Waals surface area contributed by atoms with Crippen LogP contribution < -0.4 is 10.5 Å². The zero-order valence-electron chi connectivity index (χ0n) is 11.7. The normalized spacial score (nSPS) is 12.0. The molecule has 2 aromatic rings. The van der Waals surface area contributed by atoms with E-state index in [1.165, 1.54) is 24.3 Å². The average molecular weight is 290 g/mol. The molecule has 0 radical (unpaired) electrons. The molecule has 1 unspecified atom stereocenters. The molecular weight excluding hydrogens is 275 g/mol. The average Bonchev–Trinajstić information content (AvgIpc) is 2.40. The van der Waals surface area contributed by atoms with Gasteiger partial charge in [0.05, 0.1) is 4.92 Å². The zero-order valence-corrected chi connectivity index (χ0v) is 11.7. The molecule has 2 N–H and O–H groups in total. The maximum atomic E-state index is 13.3. The molecule has 0 heterocycles. The molecule has 6 heteroatoms. The number of hydrogen-bond acceptors (Lipinski definition) is 4. The van der Waals surface area contributed by atoms with Crippen LogP contribution in [0.1, 0.15) is 24.1 Å². The second kappa shape index (κ2) is 5.88. The van der Waals surface area contributed by atoms with Crippen LogP contribution in [0.2, 0.25) is 0 Å². The summed E-state index contributed by atoms with van der Waals surface area (Å²) in [7, 11) is 0. The minimum atomic E-state index is -0.524. The van der Waals surface area contributed by atoms with Gasteiger partial charge >= 0.3 is 5.69 Å². The number of nitro groups is 1. The number of aryl methyl sites for hydroxylation is 1. The number of rotatable bonds is 4. The molecule has 0 aliphatic heterocycles. The third-order valence-electron chi connectivity index (χ3n) is 2.99. The number of nitrogens with zero attached hydrogens (tertiary/aromatic N) is 1. The predicted octanol–water partition coefficient (Wildman–Crippen LogP) is 3.85. The second-order valence-electron chi connectivity index (χ2n) is 4.80. The molecule has 1 atom stereocenters. The number of nitro benzene ring substituents is 1. The molecule has 0 aromatic heterocycles. The summed E-state index contributed by atoms with van der Waals surface area (Å²) >= 11 is 0. The fourth-order valence-electron chi connectivity index (χ4n) is 1.94. The molecule has 0 saturated heterocycles. The van der Waals surface area contributed by atoms with Gasteiger partial charge in [0.25, 0.3) is 0 Å². The molecule has 0 bridgehead atoms. The van der Waals surface area contributed by atoms with Crippen molar-refractivity contribution in [2.24, 2.45) is 5.73 Å². The van der Waals surface area contributed by atoms with Gasteiger partial charge in [-0.15, -0.1) is 0 Å². The highest BCUT2D eigenvalue weighted by molar-refractivity contribution is 5.51. The van der Waals surface area contributed by atoms with E-state index in [-0.39, 0.29) is 11.4 Å². The third kappa shape index (κ3) is 3.35. The lowest BCUT2D eigenvalue weighted by molar-refractivity contribution is -0.385. The van der Waals surface area contributed by atoms with Crippen molar-refractivity contribution in [1.82, 2.24) is 0 Å². The summed E-state index contributed by atoms with van der Waals surface area (Å²) in [6.45, 7) is 3.49. The first kappa shape index (κ1) is 14.9. The van der Waals surface area contributed by atoms with Crippen molar-refractivity contribution in [1.29, 1.82) is 0 Å². The monoisotopic (exact) mass is 290 g/mol. The van der Waals surface area contributed by atoms with E-state index >= 15 is 0 Å². The molecular formula is C15H15FN2O3. The highest BCUT2D eigenvalue weighted by atomic mass is 19.1. The largest absolute Gasteiger partial charge is 0.450 e. The van der Waals surface area contributed by atoms with E-state index in [2.05, 4.69) is 0 Å². The van der Waals surface area contributed by atoms with Gasteiger partial charge in [-0.05, 0) is 43.7 Å². The SMILES string of the molecule is Cc1ccc([N+](=O)[O-])c(Oc2ccc(F)cc2C(C)N)c1. The van der Waals surface area contributed by atoms with Crippen LogP contribution in [0.3, 0.4) is 0 Å². The highest BCUT2D eigenvalue weighted by Gasteiger charge is 2.18. The van der Waals surface area contributed by atoms with Crippen LogP contribution >= 0.6 is 0 Å². The Bertz CT molecular complexity index is 687. The van der Waals surface area contributed by atoms with E-state index < -0.39 is 16.8 Å². The van der Waals surface area contributed by atoms with Crippen molar-refractivity contribution < 1.29 is 14.1 Å². The van der Waals surface area contributed by atoms with E-state index in [0.717, 1.165) is 5.56 Å². The van der Waals surface area contributed by atoms with Crippen LogP contribution in [0, 0.1) is 22.9 Å². The Labute approximate surface area is 121 Å². The second-order valence-corrected chi connectivity index (χ2v) is 4.80. The van der Waals surface area contributed by atoms with E-state index in [1.807, 2.05) is 0 Å². The molecule has 21 heavy (non-hydrogen) atoms. The first-order valence-corrected chi connectivity index (χ1v) is 6.36. The van der Waals surface area contributed by atoms with Crippen LogP contribution in [-0.4, -0.2) is 4.92 Å². The molecule has 110 valence electrons. The lowest BCUT2D eigenvalue weighted by atomic mass is 10.1. The van der Waals surface area contributed by atoms with Gasteiger partial charge in [0, 0.05) is 17.7 Å². The molecule has 0 fully saturated rings. The summed E-state index contributed by atoms with van der Waals surface area (Å²) in [5, 5.41) is 11.0. The van der Waals surface area contributed by atoms with Crippen molar-refractivity contribution in [3.63, 3.8) is 0 Å². The zero-order chi connectivity index (χ0) is 15.6. The standard InChI is InChI=1S/C15H15FN2O3/c1-9-3-5-13(18(19)20)15(7-9)21-14-6-4-11(16)8-12(14)10(2)17/h3-8,10H,17H2,1-2H3. The van der Waals surface area contributed by atoms with Crippen molar-refractivity contribution in [3.05, 3.63) is 63.5 Å². The van der Waals surface area contributed by atoms with Crippen molar-refractivity contribution >= 4 is 5.69 Å². The molecule has 5 nitrogen and oxygen atoms in total. The number of nitrogens with two attached hydrogens (primary N) is 1. The van der Waals surface area contributed by atoms with Gasteiger partial charge in [0.2, 0.25) is 5.75 Å². The van der Waals surface area contributed by atoms with Gasteiger partial charge in [-0.2, -0.15) is 0 Å². The number of halogens is 1. The third-order valence-corrected chi connectivity index (χ3v) is 2.99. The molecule has 0 aliphatic carbocycles. The molecule has 0 amide bonds. The highest BCUT2D eigenvalue weighted by Crippen LogP contribution is 2.35. The van der Waals surface area contributed by atoms with E-state index in [9.17, 15) is 14.5 Å². The Morgan fingerprint density at radius 3 is 2.57 bits per heavy atom. The van der Waals surface area contributed by atoms with Gasteiger partial charge in [0.1, 0.15) is 11.6 Å². The van der Waals surface area contributed by atoms with E-state index in [0.29, 0.717) is 11.3 Å². The van der Waals surface area contributed by atoms with Crippen LogP contribution in [0.15, 0.2) is 36.4 Å². The Balaban J connectivity index is 2.47.